The summed E-state index contributed by atoms with van der Waals surface area (Å²) in [6.45, 7) is 2.47. The topological polar surface area (TPSA) is 38.5 Å². The van der Waals surface area contributed by atoms with Crippen LogP contribution < -0.4 is 5.73 Å². The quantitative estimate of drug-likeness (QED) is 0.798. The Morgan fingerprint density at radius 1 is 1.44 bits per heavy atom. The van der Waals surface area contributed by atoms with E-state index in [0.717, 1.165) is 12.1 Å². The molecule has 0 heterocycles. The Hall–Kier alpha value is -1.41. The van der Waals surface area contributed by atoms with Crippen LogP contribution in [0.4, 0.5) is 4.39 Å². The van der Waals surface area contributed by atoms with Crippen LogP contribution in [0.1, 0.15) is 11.1 Å². The summed E-state index contributed by atoms with van der Waals surface area (Å²) in [4.78, 5) is 2.10. The Balaban J connectivity index is 2.80. The van der Waals surface area contributed by atoms with Crippen molar-refractivity contribution in [3.05, 3.63) is 35.1 Å². The average Bonchev–Trinajstić information content (AvgIpc) is 2.36. The highest BCUT2D eigenvalue weighted by atomic mass is 19.1. The number of benzene rings is 1. The smallest absolute Gasteiger partial charge is 0.124 e. The maximum absolute atomic E-state index is 13.2. The first kappa shape index (κ1) is 14.7. The molecule has 0 unspecified atom stereocenters. The van der Waals surface area contributed by atoms with Gasteiger partial charge in [-0.15, -0.1) is 0 Å². The predicted octanol–water partition coefficient (Wildman–Crippen LogP) is 1.21. The number of halogens is 1. The van der Waals surface area contributed by atoms with Gasteiger partial charge in [-0.05, 0) is 24.7 Å². The van der Waals surface area contributed by atoms with Gasteiger partial charge in [-0.25, -0.2) is 4.39 Å². The van der Waals surface area contributed by atoms with Crippen molar-refractivity contribution in [2.75, 3.05) is 33.9 Å². The second-order valence-electron chi connectivity index (χ2n) is 4.04. The van der Waals surface area contributed by atoms with E-state index in [1.807, 2.05) is 7.05 Å². The van der Waals surface area contributed by atoms with Gasteiger partial charge in [0.05, 0.1) is 13.2 Å². The van der Waals surface area contributed by atoms with E-state index in [4.69, 9.17) is 10.5 Å². The molecule has 1 aromatic rings. The van der Waals surface area contributed by atoms with E-state index in [2.05, 4.69) is 16.7 Å². The van der Waals surface area contributed by atoms with Crippen molar-refractivity contribution in [2.24, 2.45) is 5.73 Å². The highest BCUT2D eigenvalue weighted by Gasteiger charge is 2.05. The van der Waals surface area contributed by atoms with E-state index in [9.17, 15) is 4.39 Å². The van der Waals surface area contributed by atoms with Crippen molar-refractivity contribution in [1.82, 2.24) is 4.90 Å². The molecular weight excluding hydrogens is 231 g/mol. The molecule has 98 valence electrons. The first-order chi connectivity index (χ1) is 8.67. The zero-order valence-corrected chi connectivity index (χ0v) is 10.9. The lowest BCUT2D eigenvalue weighted by Crippen LogP contribution is -2.22. The van der Waals surface area contributed by atoms with Gasteiger partial charge in [-0.3, -0.25) is 4.90 Å². The van der Waals surface area contributed by atoms with Gasteiger partial charge in [-0.2, -0.15) is 0 Å². The maximum Gasteiger partial charge on any atom is 0.124 e. The highest BCUT2D eigenvalue weighted by molar-refractivity contribution is 5.41. The van der Waals surface area contributed by atoms with E-state index in [1.165, 1.54) is 12.1 Å². The van der Waals surface area contributed by atoms with E-state index in [0.29, 0.717) is 18.7 Å². The number of hydrogen-bond donors (Lipinski definition) is 1. The average molecular weight is 250 g/mol. The number of nitrogens with zero attached hydrogens (tertiary/aromatic N) is 1. The standard InChI is InChI=1S/C14H19FN2O/c1-17(8-9-18-2)11-13-5-6-14(15)10-12(13)4-3-7-16/h5-6,10H,7-9,11,16H2,1-2H3. The van der Waals surface area contributed by atoms with Gasteiger partial charge in [0.15, 0.2) is 0 Å². The zero-order valence-electron chi connectivity index (χ0n) is 10.9. The molecule has 0 bridgehead atoms. The van der Waals surface area contributed by atoms with Gasteiger partial charge in [-0.1, -0.05) is 17.9 Å². The Morgan fingerprint density at radius 2 is 2.22 bits per heavy atom. The van der Waals surface area contributed by atoms with Crippen molar-refractivity contribution in [3.8, 4) is 11.8 Å². The Labute approximate surface area is 108 Å². The number of likely N-dealkylation sites (N-methyl/N-ethyl adjacent to an activating group) is 1. The zero-order chi connectivity index (χ0) is 13.4. The first-order valence-corrected chi connectivity index (χ1v) is 5.82. The minimum atomic E-state index is -0.278. The number of hydrogen-bond acceptors (Lipinski definition) is 3. The fourth-order valence-corrected chi connectivity index (χ4v) is 1.57. The van der Waals surface area contributed by atoms with E-state index >= 15 is 0 Å². The fraction of sp³-hybridized carbons (Fsp3) is 0.429. The number of ether oxygens (including phenoxy) is 1. The molecule has 0 saturated heterocycles. The van der Waals surface area contributed by atoms with Crippen molar-refractivity contribution < 1.29 is 9.13 Å². The minimum absolute atomic E-state index is 0.273. The van der Waals surface area contributed by atoms with Crippen LogP contribution in [0, 0.1) is 17.7 Å². The summed E-state index contributed by atoms with van der Waals surface area (Å²) in [6.07, 6.45) is 0. The molecule has 0 fully saturated rings. The number of nitrogens with two attached hydrogens (primary N) is 1. The maximum atomic E-state index is 13.2. The summed E-state index contributed by atoms with van der Waals surface area (Å²) >= 11 is 0. The third kappa shape index (κ3) is 4.84. The second kappa shape index (κ2) is 7.83. The molecule has 0 atom stereocenters. The molecule has 1 aromatic carbocycles. The molecule has 0 aliphatic heterocycles. The van der Waals surface area contributed by atoms with Crippen molar-refractivity contribution in [3.63, 3.8) is 0 Å². The number of methoxy groups -OCH3 is 1. The summed E-state index contributed by atoms with van der Waals surface area (Å²) in [6, 6.07) is 4.66. The summed E-state index contributed by atoms with van der Waals surface area (Å²) < 4.78 is 18.2. The molecule has 0 spiro atoms. The van der Waals surface area contributed by atoms with Gasteiger partial charge in [0, 0.05) is 25.8 Å². The predicted molar refractivity (Wildman–Crippen MR) is 70.5 cm³/mol. The SMILES string of the molecule is COCCN(C)Cc1ccc(F)cc1C#CCN. The molecule has 0 amide bonds. The van der Waals surface area contributed by atoms with E-state index in [-0.39, 0.29) is 12.4 Å². The normalized spacial score (nSPS) is 10.3. The van der Waals surface area contributed by atoms with Crippen molar-refractivity contribution in [2.45, 2.75) is 6.54 Å². The van der Waals surface area contributed by atoms with Crippen LogP contribution in [0.3, 0.4) is 0 Å². The van der Waals surface area contributed by atoms with Crippen LogP contribution in [0.15, 0.2) is 18.2 Å². The monoisotopic (exact) mass is 250 g/mol. The summed E-state index contributed by atoms with van der Waals surface area (Å²) in [5.74, 6) is 5.38. The lowest BCUT2D eigenvalue weighted by atomic mass is 10.1. The molecule has 2 N–H and O–H groups in total. The van der Waals surface area contributed by atoms with E-state index in [1.54, 1.807) is 13.2 Å². The van der Waals surface area contributed by atoms with Crippen LogP contribution >= 0.6 is 0 Å². The van der Waals surface area contributed by atoms with Crippen LogP contribution in [0.2, 0.25) is 0 Å². The van der Waals surface area contributed by atoms with Crippen LogP contribution in [-0.2, 0) is 11.3 Å². The van der Waals surface area contributed by atoms with Crippen LogP contribution in [-0.4, -0.2) is 38.8 Å². The second-order valence-corrected chi connectivity index (χ2v) is 4.04. The van der Waals surface area contributed by atoms with Crippen LogP contribution in [0.25, 0.3) is 0 Å². The third-order valence-electron chi connectivity index (χ3n) is 2.51. The molecule has 0 aromatic heterocycles. The molecule has 0 aliphatic rings. The van der Waals surface area contributed by atoms with E-state index < -0.39 is 0 Å². The molecule has 1 rings (SSSR count). The third-order valence-corrected chi connectivity index (χ3v) is 2.51. The molecule has 0 saturated carbocycles. The molecule has 0 aliphatic carbocycles. The Morgan fingerprint density at radius 3 is 2.89 bits per heavy atom. The fourth-order valence-electron chi connectivity index (χ4n) is 1.57. The van der Waals surface area contributed by atoms with Gasteiger partial charge < -0.3 is 10.5 Å². The molecule has 4 heteroatoms. The summed E-state index contributed by atoms with van der Waals surface area (Å²) in [5.41, 5.74) is 7.03. The lowest BCUT2D eigenvalue weighted by molar-refractivity contribution is 0.158. The molecule has 18 heavy (non-hydrogen) atoms. The van der Waals surface area contributed by atoms with Gasteiger partial charge in [0.2, 0.25) is 0 Å². The van der Waals surface area contributed by atoms with Gasteiger partial charge in [0.25, 0.3) is 0 Å². The largest absolute Gasteiger partial charge is 0.383 e. The molecule has 0 radical (unpaired) electrons. The minimum Gasteiger partial charge on any atom is -0.383 e. The molecular formula is C14H19FN2O. The first-order valence-electron chi connectivity index (χ1n) is 5.82. The Bertz CT molecular complexity index is 437. The Kier molecular flexibility index (Phi) is 6.37. The van der Waals surface area contributed by atoms with Crippen molar-refractivity contribution >= 4 is 0 Å². The van der Waals surface area contributed by atoms with Gasteiger partial charge in [0.1, 0.15) is 5.82 Å². The molecule has 3 nitrogen and oxygen atoms in total. The summed E-state index contributed by atoms with van der Waals surface area (Å²) in [7, 11) is 3.66. The highest BCUT2D eigenvalue weighted by Crippen LogP contribution is 2.12. The van der Waals surface area contributed by atoms with Gasteiger partial charge >= 0.3 is 0 Å². The van der Waals surface area contributed by atoms with Crippen molar-refractivity contribution in [1.29, 1.82) is 0 Å². The lowest BCUT2D eigenvalue weighted by Gasteiger charge is -2.17. The summed E-state index contributed by atoms with van der Waals surface area (Å²) in [5, 5.41) is 0. The van der Waals surface area contributed by atoms with Crippen LogP contribution in [0.5, 0.6) is 0 Å². The number of rotatable bonds is 5.